The zero-order valence-corrected chi connectivity index (χ0v) is 19.0. The van der Waals surface area contributed by atoms with E-state index >= 15 is 0 Å². The fourth-order valence-electron chi connectivity index (χ4n) is 3.01. The molecule has 1 heterocycles. The summed E-state index contributed by atoms with van der Waals surface area (Å²) in [5, 5.41) is 11.4. The molecule has 0 radical (unpaired) electrons. The fraction of sp³-hybridized carbons (Fsp3) is 0.0435. The molecule has 3 aromatic carbocycles. The maximum absolute atomic E-state index is 13.0. The number of nitrogens with zero attached hydrogens (tertiary/aromatic N) is 2. The quantitative estimate of drug-likeness (QED) is 0.115. The summed E-state index contributed by atoms with van der Waals surface area (Å²) in [6.07, 6.45) is -3.38. The van der Waals surface area contributed by atoms with Crippen LogP contribution in [-0.4, -0.2) is 16.8 Å². The van der Waals surface area contributed by atoms with Crippen LogP contribution in [0, 0.1) is 13.7 Å². The van der Waals surface area contributed by atoms with Crippen LogP contribution in [-0.2, 0) is 15.7 Å². The van der Waals surface area contributed by atoms with E-state index in [0.717, 1.165) is 9.64 Å². The topological polar surface area (TPSA) is 91.0 Å². The number of esters is 1. The first kappa shape index (κ1) is 23.4. The van der Waals surface area contributed by atoms with Crippen LogP contribution in [0.5, 0.6) is 11.5 Å². The van der Waals surface area contributed by atoms with Gasteiger partial charge in [0.15, 0.2) is 5.70 Å². The summed E-state index contributed by atoms with van der Waals surface area (Å²) in [5.41, 5.74) is -1.14. The number of carbonyl (C=O) groups excluding carboxylic acids is 1. The summed E-state index contributed by atoms with van der Waals surface area (Å²) < 4.78 is 50.7. The molecular weight excluding hydrogens is 568 g/mol. The number of para-hydroxylation sites is 1. The van der Waals surface area contributed by atoms with Crippen molar-refractivity contribution in [3.05, 3.63) is 103 Å². The molecule has 0 N–H and O–H groups in total. The second-order valence-electron chi connectivity index (χ2n) is 6.92. The third-order valence-electron chi connectivity index (χ3n) is 4.63. The number of halogens is 4. The number of benzene rings is 3. The molecule has 172 valence electrons. The Balaban J connectivity index is 1.68. The molecule has 3 aromatic rings. The molecule has 0 spiro atoms. The Morgan fingerprint density at radius 3 is 2.41 bits per heavy atom. The van der Waals surface area contributed by atoms with Crippen LogP contribution in [0.4, 0.5) is 18.9 Å². The molecule has 0 aliphatic carbocycles. The average Bonchev–Trinajstić information content (AvgIpc) is 3.15. The Kier molecular flexibility index (Phi) is 6.37. The van der Waals surface area contributed by atoms with Crippen LogP contribution < -0.4 is 4.74 Å². The van der Waals surface area contributed by atoms with Gasteiger partial charge in [-0.15, -0.1) is 0 Å². The average molecular weight is 580 g/mol. The van der Waals surface area contributed by atoms with E-state index in [1.807, 2.05) is 12.1 Å². The van der Waals surface area contributed by atoms with Gasteiger partial charge in [0.1, 0.15) is 5.75 Å². The van der Waals surface area contributed by atoms with Crippen LogP contribution in [0.2, 0.25) is 0 Å². The number of cyclic esters (lactones) is 1. The number of nitro benzene ring substituents is 1. The molecule has 0 bridgehead atoms. The van der Waals surface area contributed by atoms with E-state index < -0.39 is 28.3 Å². The Hall–Kier alpha value is -3.74. The molecule has 0 atom stereocenters. The van der Waals surface area contributed by atoms with Crippen LogP contribution in [0.25, 0.3) is 6.08 Å². The molecule has 0 unspecified atom stereocenters. The lowest BCUT2D eigenvalue weighted by Gasteiger charge is -2.11. The normalized spacial score (nSPS) is 14.6. The molecular formula is C23H12F3IN2O5. The number of nitro groups is 1. The van der Waals surface area contributed by atoms with Gasteiger partial charge in [0.05, 0.1) is 10.5 Å². The second kappa shape index (κ2) is 9.25. The smallest absolute Gasteiger partial charge is 0.416 e. The van der Waals surface area contributed by atoms with E-state index in [0.29, 0.717) is 23.3 Å². The van der Waals surface area contributed by atoms with E-state index in [-0.39, 0.29) is 23.1 Å². The van der Waals surface area contributed by atoms with Crippen molar-refractivity contribution in [2.75, 3.05) is 0 Å². The minimum atomic E-state index is -4.75. The van der Waals surface area contributed by atoms with Crippen LogP contribution in [0.3, 0.4) is 0 Å². The number of aliphatic imine (C=N–C) groups is 1. The summed E-state index contributed by atoms with van der Waals surface area (Å²) in [6.45, 7) is 0. The molecule has 0 saturated heterocycles. The molecule has 0 saturated carbocycles. The second-order valence-corrected chi connectivity index (χ2v) is 8.17. The lowest BCUT2D eigenvalue weighted by Crippen LogP contribution is -2.06. The van der Waals surface area contributed by atoms with Crippen LogP contribution >= 0.6 is 22.6 Å². The number of carbonyl (C=O) groups is 1. The molecule has 1 aliphatic heterocycles. The number of hydrogen-bond acceptors (Lipinski definition) is 6. The molecule has 11 heteroatoms. The highest BCUT2D eigenvalue weighted by molar-refractivity contribution is 14.1. The van der Waals surface area contributed by atoms with Crippen molar-refractivity contribution in [2.24, 2.45) is 4.99 Å². The lowest BCUT2D eigenvalue weighted by molar-refractivity contribution is -0.385. The van der Waals surface area contributed by atoms with Gasteiger partial charge >= 0.3 is 17.8 Å². The summed E-state index contributed by atoms with van der Waals surface area (Å²) in [5.74, 6) is -0.905. The van der Waals surface area contributed by atoms with E-state index in [9.17, 15) is 28.1 Å². The van der Waals surface area contributed by atoms with Gasteiger partial charge in [-0.05, 0) is 71.1 Å². The monoisotopic (exact) mass is 580 g/mol. The van der Waals surface area contributed by atoms with E-state index in [2.05, 4.69) is 27.6 Å². The largest absolute Gasteiger partial charge is 0.449 e. The standard InChI is InChI=1S/C23H12F3IN2O5/c24-23(25,26)15-7-10-20(18(12-15)29(31)32)33-19-4-2-1-3-14(19)11-17-22(30)34-21(28-17)13-5-8-16(27)9-6-13/h1-12H/b17-11-. The van der Waals surface area contributed by atoms with Gasteiger partial charge in [0.2, 0.25) is 11.6 Å². The minimum Gasteiger partial charge on any atom is -0.449 e. The van der Waals surface area contributed by atoms with Gasteiger partial charge in [-0.1, -0.05) is 18.2 Å². The highest BCUT2D eigenvalue weighted by atomic mass is 127. The molecule has 0 aromatic heterocycles. The maximum atomic E-state index is 13.0. The van der Waals surface area contributed by atoms with Gasteiger partial charge in [-0.25, -0.2) is 9.79 Å². The first-order valence-corrected chi connectivity index (χ1v) is 10.6. The highest BCUT2D eigenvalue weighted by Gasteiger charge is 2.33. The maximum Gasteiger partial charge on any atom is 0.416 e. The van der Waals surface area contributed by atoms with Crippen molar-refractivity contribution in [2.45, 2.75) is 6.18 Å². The summed E-state index contributed by atoms with van der Waals surface area (Å²) in [7, 11) is 0. The number of ether oxygens (including phenoxy) is 2. The number of hydrogen-bond donors (Lipinski definition) is 0. The Morgan fingerprint density at radius 2 is 1.74 bits per heavy atom. The minimum absolute atomic E-state index is 0.0356. The van der Waals surface area contributed by atoms with Crippen LogP contribution in [0.15, 0.2) is 77.4 Å². The summed E-state index contributed by atoms with van der Waals surface area (Å²) in [6, 6.07) is 15.3. The van der Waals surface area contributed by atoms with Crippen LogP contribution in [0.1, 0.15) is 16.7 Å². The molecule has 4 rings (SSSR count). The molecule has 0 fully saturated rings. The molecule has 7 nitrogen and oxygen atoms in total. The van der Waals surface area contributed by atoms with Crippen molar-refractivity contribution < 1.29 is 32.4 Å². The van der Waals surface area contributed by atoms with E-state index in [1.165, 1.54) is 12.1 Å². The third kappa shape index (κ3) is 5.09. The van der Waals surface area contributed by atoms with Crippen molar-refractivity contribution in [3.8, 4) is 11.5 Å². The van der Waals surface area contributed by atoms with Gasteiger partial charge < -0.3 is 9.47 Å². The Morgan fingerprint density at radius 1 is 1.03 bits per heavy atom. The predicted octanol–water partition coefficient (Wildman–Crippen LogP) is 6.36. The van der Waals surface area contributed by atoms with Crippen molar-refractivity contribution >= 4 is 46.2 Å². The van der Waals surface area contributed by atoms with Crippen molar-refractivity contribution in [1.82, 2.24) is 0 Å². The van der Waals surface area contributed by atoms with E-state index in [4.69, 9.17) is 9.47 Å². The first-order chi connectivity index (χ1) is 16.1. The van der Waals surface area contributed by atoms with Gasteiger partial charge in [0.25, 0.3) is 0 Å². The fourth-order valence-corrected chi connectivity index (χ4v) is 3.37. The SMILES string of the molecule is O=C1OC(c2ccc(I)cc2)=N/C1=C\c1ccccc1Oc1ccc(C(F)(F)F)cc1[N+](=O)[O-]. The third-order valence-corrected chi connectivity index (χ3v) is 5.34. The zero-order chi connectivity index (χ0) is 24.5. The predicted molar refractivity (Wildman–Crippen MR) is 124 cm³/mol. The molecule has 1 aliphatic rings. The Labute approximate surface area is 203 Å². The molecule has 34 heavy (non-hydrogen) atoms. The van der Waals surface area contributed by atoms with E-state index in [1.54, 1.807) is 30.3 Å². The lowest BCUT2D eigenvalue weighted by atomic mass is 10.1. The number of rotatable bonds is 5. The molecule has 0 amide bonds. The summed E-state index contributed by atoms with van der Waals surface area (Å²) >= 11 is 2.14. The summed E-state index contributed by atoms with van der Waals surface area (Å²) in [4.78, 5) is 26.9. The van der Waals surface area contributed by atoms with Gasteiger partial charge in [0, 0.05) is 20.8 Å². The van der Waals surface area contributed by atoms with Crippen molar-refractivity contribution in [1.29, 1.82) is 0 Å². The van der Waals surface area contributed by atoms with Crippen molar-refractivity contribution in [3.63, 3.8) is 0 Å². The Bertz CT molecular complexity index is 1350. The first-order valence-electron chi connectivity index (χ1n) is 9.53. The zero-order valence-electron chi connectivity index (χ0n) is 16.9. The number of alkyl halides is 3. The van der Waals surface area contributed by atoms with Gasteiger partial charge in [-0.3, -0.25) is 10.1 Å². The highest BCUT2D eigenvalue weighted by Crippen LogP contribution is 2.39. The van der Waals surface area contributed by atoms with Gasteiger partial charge in [-0.2, -0.15) is 13.2 Å².